The largest absolute Gasteiger partial charge is 0.548 e. The van der Waals surface area contributed by atoms with Crippen LogP contribution in [0.25, 0.3) is 0 Å². The minimum atomic E-state index is -1.33. The lowest BCUT2D eigenvalue weighted by Gasteiger charge is -2.51. The van der Waals surface area contributed by atoms with Gasteiger partial charge in [-0.25, -0.2) is 4.79 Å². The van der Waals surface area contributed by atoms with E-state index in [1.807, 2.05) is 24.3 Å². The van der Waals surface area contributed by atoms with Gasteiger partial charge in [0.25, 0.3) is 0 Å². The molecule has 2 unspecified atom stereocenters. The minimum absolute atomic E-state index is 0.106. The third kappa shape index (κ3) is 6.80. The first-order valence-corrected chi connectivity index (χ1v) is 18.2. The Morgan fingerprint density at radius 3 is 2.33 bits per heavy atom. The number of fused-ring (bicyclic) bond motifs is 4. The Morgan fingerprint density at radius 1 is 1.00 bits per heavy atom. The summed E-state index contributed by atoms with van der Waals surface area (Å²) in [4.78, 5) is 29.4. The Labute approximate surface area is 312 Å². The first-order chi connectivity index (χ1) is 25.1. The number of nitrogens with one attached hydrogen (secondary N) is 1. The summed E-state index contributed by atoms with van der Waals surface area (Å²) in [7, 11) is 3.05. The van der Waals surface area contributed by atoms with Gasteiger partial charge in [0.1, 0.15) is 16.1 Å². The highest BCUT2D eigenvalue weighted by Crippen LogP contribution is 2.50. The van der Waals surface area contributed by atoms with Crippen LogP contribution in [0.15, 0.2) is 79.1 Å². The molecule has 52 heavy (non-hydrogen) atoms. The summed E-state index contributed by atoms with van der Waals surface area (Å²) >= 11 is 12.9. The van der Waals surface area contributed by atoms with Gasteiger partial charge in [-0.3, -0.25) is 10.5 Å². The highest BCUT2D eigenvalue weighted by atomic mass is 35.5. The molecule has 0 saturated carbocycles. The van der Waals surface area contributed by atoms with Crippen molar-refractivity contribution in [1.29, 1.82) is 0 Å². The standard InChI is InChI=1S/C40H41Cl2N3O7/c1-50-35-12-11-28(18-37(35)51-2)36(19-29-33(41)22-45(49)23-34(29)42)52-38(46)26-9-7-24(8-10-26)20-43-40(39(47)48)31-6-4-3-5-27(31)17-32(40)30-21-44-15-13-25(30)14-16-44/h3-12,18,22-23,25,30,32,36,43H,13-17,19-21H2,1-2H3,(H-,47,48,49)/t30-,32?,36+,40?/m1/s1. The molecule has 4 heterocycles. The first-order valence-electron chi connectivity index (χ1n) is 17.5. The van der Waals surface area contributed by atoms with Crippen LogP contribution in [-0.4, -0.2) is 55.9 Å². The maximum absolute atomic E-state index is 13.7. The molecule has 3 aliphatic heterocycles. The predicted molar refractivity (Wildman–Crippen MR) is 192 cm³/mol. The third-order valence-electron chi connectivity index (χ3n) is 11.2. The molecular weight excluding hydrogens is 705 g/mol. The summed E-state index contributed by atoms with van der Waals surface area (Å²) in [5.41, 5.74) is 2.71. The van der Waals surface area contributed by atoms with E-state index in [1.165, 1.54) is 26.6 Å². The van der Waals surface area contributed by atoms with E-state index in [0.29, 0.717) is 40.5 Å². The summed E-state index contributed by atoms with van der Waals surface area (Å²) < 4.78 is 17.7. The summed E-state index contributed by atoms with van der Waals surface area (Å²) in [6, 6.07) is 20.0. The molecule has 4 atom stereocenters. The van der Waals surface area contributed by atoms with Crippen LogP contribution in [-0.2, 0) is 34.5 Å². The zero-order valence-electron chi connectivity index (χ0n) is 29.0. The molecule has 8 rings (SSSR count). The summed E-state index contributed by atoms with van der Waals surface area (Å²) in [5, 5.41) is 27.1. The number of ether oxygens (including phenoxy) is 3. The Kier molecular flexibility index (Phi) is 10.4. The minimum Gasteiger partial charge on any atom is -0.548 e. The topological polar surface area (TPSA) is 124 Å². The average Bonchev–Trinajstić information content (AvgIpc) is 3.50. The van der Waals surface area contributed by atoms with Gasteiger partial charge in [-0.05, 0) is 96.6 Å². The summed E-state index contributed by atoms with van der Waals surface area (Å²) in [6.07, 6.45) is 4.76. The maximum Gasteiger partial charge on any atom is 0.338 e. The molecule has 3 saturated heterocycles. The van der Waals surface area contributed by atoms with E-state index in [4.69, 9.17) is 37.4 Å². The second kappa shape index (κ2) is 14.9. The normalized spacial score (nSPS) is 23.8. The van der Waals surface area contributed by atoms with Gasteiger partial charge < -0.3 is 29.0 Å². The lowest BCUT2D eigenvalue weighted by Crippen LogP contribution is -2.62. The van der Waals surface area contributed by atoms with Gasteiger partial charge in [-0.15, -0.1) is 0 Å². The van der Waals surface area contributed by atoms with Crippen molar-refractivity contribution < 1.29 is 38.8 Å². The number of carbonyl (C=O) groups excluding carboxylic acids is 2. The Morgan fingerprint density at radius 2 is 1.69 bits per heavy atom. The van der Waals surface area contributed by atoms with Crippen molar-refractivity contribution in [2.24, 2.45) is 17.8 Å². The molecule has 272 valence electrons. The molecule has 2 N–H and O–H groups in total. The quantitative estimate of drug-likeness (QED) is 0.118. The molecule has 1 aromatic heterocycles. The van der Waals surface area contributed by atoms with Gasteiger partial charge in [0, 0.05) is 29.8 Å². The number of nitrogens with zero attached hydrogens (tertiary/aromatic N) is 2. The van der Waals surface area contributed by atoms with Crippen LogP contribution in [0.2, 0.25) is 10.0 Å². The number of carboxylic acid groups (broad SMARTS) is 1. The summed E-state index contributed by atoms with van der Waals surface area (Å²) in [6.45, 7) is 3.33. The first kappa shape index (κ1) is 36.0. The molecule has 1 aliphatic carbocycles. The number of aromatic nitrogens is 1. The predicted octanol–water partition coefficient (Wildman–Crippen LogP) is 4.93. The zero-order chi connectivity index (χ0) is 36.6. The Bertz CT molecular complexity index is 1940. The van der Waals surface area contributed by atoms with E-state index in [9.17, 15) is 19.9 Å². The van der Waals surface area contributed by atoms with Gasteiger partial charge in [-0.2, -0.15) is 0 Å². The van der Waals surface area contributed by atoms with E-state index >= 15 is 0 Å². The molecule has 4 aromatic rings. The molecule has 2 bridgehead atoms. The van der Waals surface area contributed by atoms with Crippen molar-refractivity contribution in [2.75, 3.05) is 33.9 Å². The number of benzene rings is 3. The van der Waals surface area contributed by atoms with Gasteiger partial charge in [-0.1, -0.05) is 65.7 Å². The number of esters is 1. The molecule has 3 aromatic carbocycles. The number of hydrogen-bond acceptors (Lipinski definition) is 9. The average molecular weight is 747 g/mol. The number of halogens is 2. The number of rotatable bonds is 12. The van der Waals surface area contributed by atoms with Crippen molar-refractivity contribution in [2.45, 2.75) is 43.9 Å². The van der Waals surface area contributed by atoms with Crippen molar-refractivity contribution >= 4 is 35.1 Å². The van der Waals surface area contributed by atoms with Crippen LogP contribution in [0.3, 0.4) is 0 Å². The van der Waals surface area contributed by atoms with Crippen molar-refractivity contribution in [3.63, 3.8) is 0 Å². The molecule has 0 radical (unpaired) electrons. The lowest BCUT2D eigenvalue weighted by atomic mass is 9.66. The van der Waals surface area contributed by atoms with Crippen LogP contribution in [0.5, 0.6) is 11.5 Å². The number of hydrogen-bond donors (Lipinski definition) is 2. The SMILES string of the molecule is COc1ccc([C@H](Cc2c(Cl)c[n+](O)cc2Cl)OC(=O)c2ccc(CNC3(C(=O)[O-])c4ccccc4CC3[C@@H]3CN4CCC3CC4)cc2)cc1OC. The maximum atomic E-state index is 13.7. The van der Waals surface area contributed by atoms with E-state index in [-0.39, 0.29) is 34.8 Å². The van der Waals surface area contributed by atoms with Crippen molar-refractivity contribution in [3.8, 4) is 11.5 Å². The number of piperidine rings is 3. The van der Waals surface area contributed by atoms with E-state index < -0.39 is 23.6 Å². The van der Waals surface area contributed by atoms with Crippen molar-refractivity contribution in [1.82, 2.24) is 10.2 Å². The smallest absolute Gasteiger partial charge is 0.338 e. The van der Waals surface area contributed by atoms with Gasteiger partial charge in [0.2, 0.25) is 12.4 Å². The number of methoxy groups -OCH3 is 2. The van der Waals surface area contributed by atoms with E-state index in [0.717, 1.165) is 53.9 Å². The van der Waals surface area contributed by atoms with Crippen LogP contribution in [0.4, 0.5) is 0 Å². The fraction of sp³-hybridized carbons (Fsp3) is 0.375. The van der Waals surface area contributed by atoms with Crippen LogP contribution in [0.1, 0.15) is 57.1 Å². The molecular formula is C40H41Cl2N3O7. The monoisotopic (exact) mass is 745 g/mol. The molecule has 0 spiro atoms. The molecule has 10 nitrogen and oxygen atoms in total. The highest BCUT2D eigenvalue weighted by Gasteiger charge is 2.54. The second-order valence-corrected chi connectivity index (χ2v) is 14.8. The van der Waals surface area contributed by atoms with Gasteiger partial charge >= 0.3 is 5.97 Å². The van der Waals surface area contributed by atoms with Crippen molar-refractivity contribution in [3.05, 3.63) is 123 Å². The number of carbonyl (C=O) groups is 2. The number of carboxylic acids is 1. The van der Waals surface area contributed by atoms with Gasteiger partial charge in [0.15, 0.2) is 11.5 Å². The van der Waals surface area contributed by atoms with E-state index in [2.05, 4.69) is 10.2 Å². The van der Waals surface area contributed by atoms with Crippen LogP contribution < -0.4 is 24.6 Å². The number of pyridine rings is 1. The molecule has 3 fully saturated rings. The molecule has 12 heteroatoms. The Hall–Kier alpha value is -4.35. The fourth-order valence-corrected chi connectivity index (χ4v) is 9.18. The second-order valence-electron chi connectivity index (χ2n) is 13.9. The lowest BCUT2D eigenvalue weighted by molar-refractivity contribution is -0.904. The summed E-state index contributed by atoms with van der Waals surface area (Å²) in [5.74, 6) is -0.120. The van der Waals surface area contributed by atoms with Gasteiger partial charge in [0.05, 0.1) is 31.3 Å². The molecule has 4 aliphatic rings. The highest BCUT2D eigenvalue weighted by molar-refractivity contribution is 6.35. The number of aliphatic carboxylic acids is 1. The van der Waals surface area contributed by atoms with Crippen LogP contribution >= 0.6 is 23.2 Å². The molecule has 0 amide bonds. The zero-order valence-corrected chi connectivity index (χ0v) is 30.5. The van der Waals surface area contributed by atoms with E-state index in [1.54, 1.807) is 42.5 Å². The fourth-order valence-electron chi connectivity index (χ4n) is 8.57. The Balaban J connectivity index is 1.12. The van der Waals surface area contributed by atoms with Crippen LogP contribution in [0, 0.1) is 17.8 Å². The third-order valence-corrected chi connectivity index (χ3v) is 11.9.